The predicted octanol–water partition coefficient (Wildman–Crippen LogP) is 4.47. The van der Waals surface area contributed by atoms with Crippen LogP contribution in [-0.4, -0.2) is 35.8 Å². The number of carbonyl (C=O) groups is 2. The van der Waals surface area contributed by atoms with Crippen LogP contribution in [0, 0.1) is 11.7 Å². The first-order chi connectivity index (χ1) is 15.6. The molecule has 0 radical (unpaired) electrons. The maximum absolute atomic E-state index is 13.4. The third kappa shape index (κ3) is 7.77. The quantitative estimate of drug-likeness (QED) is 0.560. The normalized spacial score (nSPS) is 18.3. The topological polar surface area (TPSA) is 89.5 Å². The second-order valence-electron chi connectivity index (χ2n) is 7.40. The van der Waals surface area contributed by atoms with Crippen LogP contribution in [0.4, 0.5) is 23.2 Å². The Bertz CT molecular complexity index is 980. The molecule has 0 spiro atoms. The average molecular weight is 490 g/mol. The second-order valence-corrected chi connectivity index (χ2v) is 7.81. The summed E-state index contributed by atoms with van der Waals surface area (Å²) in [5, 5.41) is 5.39. The molecule has 1 heterocycles. The first-order valence-electron chi connectivity index (χ1n) is 9.99. The molecule has 7 nitrogen and oxygen atoms in total. The number of nitrogens with zero attached hydrogens (tertiary/aromatic N) is 1. The van der Waals surface area contributed by atoms with E-state index in [0.29, 0.717) is 25.7 Å². The fourth-order valence-corrected chi connectivity index (χ4v) is 3.48. The fourth-order valence-electron chi connectivity index (χ4n) is 3.36. The summed E-state index contributed by atoms with van der Waals surface area (Å²) in [6, 6.07) is 6.02. The van der Waals surface area contributed by atoms with E-state index >= 15 is 0 Å². The standard InChI is InChI=1S/C21H20ClF4N3O4/c22-16-7-6-15(9-17(16)23)32-11-18(30)28-13-3-1-12(2-4-13)20(31)29-14-5-8-19(27-10-14)33-21(24,25)26/h5-10,12-13H,1-4,11H2,(H,28,30)(H,29,31)/t12-,13-. The molecule has 3 rings (SSSR count). The van der Waals surface area contributed by atoms with Gasteiger partial charge in [-0.2, -0.15) is 0 Å². The van der Waals surface area contributed by atoms with Gasteiger partial charge in [-0.25, -0.2) is 9.37 Å². The third-order valence-electron chi connectivity index (χ3n) is 4.95. The molecule has 0 unspecified atom stereocenters. The van der Waals surface area contributed by atoms with E-state index in [1.807, 2.05) is 0 Å². The number of amides is 2. The van der Waals surface area contributed by atoms with Gasteiger partial charge in [0.2, 0.25) is 11.8 Å². The molecule has 12 heteroatoms. The lowest BCUT2D eigenvalue weighted by Crippen LogP contribution is -2.41. The van der Waals surface area contributed by atoms with Crippen LogP contribution < -0.4 is 20.1 Å². The lowest BCUT2D eigenvalue weighted by Gasteiger charge is -2.28. The molecule has 0 aliphatic heterocycles. The Balaban J connectivity index is 1.39. The summed E-state index contributed by atoms with van der Waals surface area (Å²) in [7, 11) is 0. The highest BCUT2D eigenvalue weighted by atomic mass is 35.5. The first kappa shape index (κ1) is 24.6. The van der Waals surface area contributed by atoms with Crippen LogP contribution in [0.5, 0.6) is 11.6 Å². The molecule has 1 aromatic heterocycles. The van der Waals surface area contributed by atoms with Crippen LogP contribution in [0.1, 0.15) is 25.7 Å². The van der Waals surface area contributed by atoms with Gasteiger partial charge >= 0.3 is 6.36 Å². The van der Waals surface area contributed by atoms with Crippen molar-refractivity contribution in [2.45, 2.75) is 38.1 Å². The third-order valence-corrected chi connectivity index (χ3v) is 5.25. The Labute approximate surface area is 191 Å². The maximum atomic E-state index is 13.4. The second kappa shape index (κ2) is 10.7. The number of nitrogens with one attached hydrogen (secondary N) is 2. The first-order valence-corrected chi connectivity index (χ1v) is 10.4. The summed E-state index contributed by atoms with van der Waals surface area (Å²) in [5.74, 6) is -2.04. The van der Waals surface area contributed by atoms with E-state index in [1.165, 1.54) is 18.2 Å². The molecule has 1 saturated carbocycles. The summed E-state index contributed by atoms with van der Waals surface area (Å²) in [4.78, 5) is 28.0. The van der Waals surface area contributed by atoms with E-state index in [0.717, 1.165) is 18.3 Å². The van der Waals surface area contributed by atoms with E-state index in [-0.39, 0.29) is 46.8 Å². The number of hydrogen-bond acceptors (Lipinski definition) is 5. The van der Waals surface area contributed by atoms with E-state index in [2.05, 4.69) is 20.4 Å². The minimum Gasteiger partial charge on any atom is -0.484 e. The minimum atomic E-state index is -4.84. The Morgan fingerprint density at radius 1 is 1.12 bits per heavy atom. The van der Waals surface area contributed by atoms with Gasteiger partial charge in [0.25, 0.3) is 5.91 Å². The van der Waals surface area contributed by atoms with Crippen molar-refractivity contribution >= 4 is 29.1 Å². The van der Waals surface area contributed by atoms with Crippen LogP contribution >= 0.6 is 11.6 Å². The number of alkyl halides is 3. The highest BCUT2D eigenvalue weighted by molar-refractivity contribution is 6.30. The lowest BCUT2D eigenvalue weighted by molar-refractivity contribution is -0.276. The van der Waals surface area contributed by atoms with Crippen molar-refractivity contribution in [1.29, 1.82) is 0 Å². The average Bonchev–Trinajstić information content (AvgIpc) is 2.75. The van der Waals surface area contributed by atoms with Crippen LogP contribution in [0.25, 0.3) is 0 Å². The number of aromatic nitrogens is 1. The van der Waals surface area contributed by atoms with Gasteiger partial charge in [0.05, 0.1) is 16.9 Å². The Morgan fingerprint density at radius 2 is 1.85 bits per heavy atom. The van der Waals surface area contributed by atoms with Crippen LogP contribution in [0.15, 0.2) is 36.5 Å². The number of pyridine rings is 1. The summed E-state index contributed by atoms with van der Waals surface area (Å²) >= 11 is 5.59. The van der Waals surface area contributed by atoms with Crippen molar-refractivity contribution in [1.82, 2.24) is 10.3 Å². The molecular formula is C21H20ClF4N3O4. The zero-order chi connectivity index (χ0) is 24.0. The van der Waals surface area contributed by atoms with Crippen molar-refractivity contribution < 1.29 is 36.6 Å². The van der Waals surface area contributed by atoms with E-state index in [9.17, 15) is 27.2 Å². The van der Waals surface area contributed by atoms with Crippen molar-refractivity contribution in [2.24, 2.45) is 5.92 Å². The summed E-state index contributed by atoms with van der Waals surface area (Å²) < 4.78 is 58.8. The highest BCUT2D eigenvalue weighted by Gasteiger charge is 2.32. The predicted molar refractivity (Wildman–Crippen MR) is 110 cm³/mol. The number of halogens is 5. The van der Waals surface area contributed by atoms with Gasteiger partial charge in [0.1, 0.15) is 11.6 Å². The van der Waals surface area contributed by atoms with Crippen molar-refractivity contribution in [3.05, 3.63) is 47.4 Å². The molecule has 2 N–H and O–H groups in total. The molecule has 0 bridgehead atoms. The van der Waals surface area contributed by atoms with Gasteiger partial charge in [0, 0.05) is 24.1 Å². The lowest BCUT2D eigenvalue weighted by atomic mass is 9.85. The molecule has 0 saturated heterocycles. The number of rotatable bonds is 7. The summed E-state index contributed by atoms with van der Waals surface area (Å²) in [6.07, 6.45) is -1.60. The van der Waals surface area contributed by atoms with Crippen molar-refractivity contribution in [2.75, 3.05) is 11.9 Å². The minimum absolute atomic E-state index is 0.0450. The molecule has 2 aromatic rings. The Hall–Kier alpha value is -3.08. The summed E-state index contributed by atoms with van der Waals surface area (Å²) in [5.41, 5.74) is 0.251. The SMILES string of the molecule is O=C(COc1ccc(Cl)c(F)c1)N[C@H]1CC[C@H](C(=O)Nc2ccc(OC(F)(F)F)nc2)CC1. The van der Waals surface area contributed by atoms with Gasteiger partial charge in [-0.15, -0.1) is 13.2 Å². The van der Waals surface area contributed by atoms with Crippen molar-refractivity contribution in [3.8, 4) is 11.6 Å². The fraction of sp³-hybridized carbons (Fsp3) is 0.381. The number of carbonyl (C=O) groups excluding carboxylic acids is 2. The Kier molecular flexibility index (Phi) is 7.96. The van der Waals surface area contributed by atoms with Gasteiger partial charge in [-0.3, -0.25) is 9.59 Å². The van der Waals surface area contributed by atoms with Gasteiger partial charge < -0.3 is 20.1 Å². The van der Waals surface area contributed by atoms with Crippen molar-refractivity contribution in [3.63, 3.8) is 0 Å². The molecule has 1 fully saturated rings. The van der Waals surface area contributed by atoms with Crippen LogP contribution in [-0.2, 0) is 9.59 Å². The molecule has 178 valence electrons. The summed E-state index contributed by atoms with van der Waals surface area (Å²) in [6.45, 7) is -0.289. The number of anilines is 1. The largest absolute Gasteiger partial charge is 0.574 e. The monoisotopic (exact) mass is 489 g/mol. The molecule has 1 aliphatic carbocycles. The van der Waals surface area contributed by atoms with E-state index in [1.54, 1.807) is 0 Å². The smallest absolute Gasteiger partial charge is 0.484 e. The Morgan fingerprint density at radius 3 is 2.45 bits per heavy atom. The number of hydrogen-bond donors (Lipinski definition) is 2. The zero-order valence-corrected chi connectivity index (χ0v) is 17.9. The number of ether oxygens (including phenoxy) is 2. The van der Waals surface area contributed by atoms with Crippen LogP contribution in [0.2, 0.25) is 5.02 Å². The van der Waals surface area contributed by atoms with E-state index < -0.39 is 18.1 Å². The van der Waals surface area contributed by atoms with Gasteiger partial charge in [0.15, 0.2) is 6.61 Å². The molecule has 2 amide bonds. The van der Waals surface area contributed by atoms with Gasteiger partial charge in [-0.1, -0.05) is 11.6 Å². The number of benzene rings is 1. The zero-order valence-electron chi connectivity index (χ0n) is 17.1. The molecule has 1 aromatic carbocycles. The molecule has 33 heavy (non-hydrogen) atoms. The molecule has 1 aliphatic rings. The van der Waals surface area contributed by atoms with Crippen LogP contribution in [0.3, 0.4) is 0 Å². The van der Waals surface area contributed by atoms with Gasteiger partial charge in [-0.05, 0) is 43.9 Å². The molecule has 0 atom stereocenters. The highest BCUT2D eigenvalue weighted by Crippen LogP contribution is 2.27. The molecular weight excluding hydrogens is 470 g/mol. The van der Waals surface area contributed by atoms with E-state index in [4.69, 9.17) is 16.3 Å². The maximum Gasteiger partial charge on any atom is 0.574 e.